The van der Waals surface area contributed by atoms with Gasteiger partial charge in [-0.25, -0.2) is 4.79 Å². The minimum atomic E-state index is -1.00. The third-order valence-corrected chi connectivity index (χ3v) is 7.03. The lowest BCUT2D eigenvalue weighted by molar-refractivity contribution is -0.101. The van der Waals surface area contributed by atoms with Gasteiger partial charge >= 0.3 is 6.09 Å². The van der Waals surface area contributed by atoms with Gasteiger partial charge in [0.2, 0.25) is 0 Å². The van der Waals surface area contributed by atoms with Crippen molar-refractivity contribution >= 4 is 6.09 Å². The van der Waals surface area contributed by atoms with Crippen LogP contribution in [-0.4, -0.2) is 43.5 Å². The summed E-state index contributed by atoms with van der Waals surface area (Å²) in [7, 11) is 0. The molecule has 1 unspecified atom stereocenters. The first kappa shape index (κ1) is 27.6. The highest BCUT2D eigenvalue weighted by Gasteiger charge is 2.46. The first-order valence-corrected chi connectivity index (χ1v) is 13.1. The van der Waals surface area contributed by atoms with Gasteiger partial charge in [0.1, 0.15) is 5.60 Å². The monoisotopic (exact) mass is 518 g/mol. The molecule has 7 heteroatoms. The van der Waals surface area contributed by atoms with Gasteiger partial charge in [0.25, 0.3) is 5.56 Å². The Balaban J connectivity index is 1.52. The van der Waals surface area contributed by atoms with E-state index in [0.717, 1.165) is 22.3 Å². The maximum Gasteiger partial charge on any atom is 0.411 e. The van der Waals surface area contributed by atoms with Crippen LogP contribution >= 0.6 is 0 Å². The fraction of sp³-hybridized carbons (Fsp3) is 0.419. The molecule has 2 N–H and O–H groups in total. The second-order valence-corrected chi connectivity index (χ2v) is 11.7. The summed E-state index contributed by atoms with van der Waals surface area (Å²) >= 11 is 0. The summed E-state index contributed by atoms with van der Waals surface area (Å²) in [6.07, 6.45) is 2.23. The van der Waals surface area contributed by atoms with Crippen molar-refractivity contribution in [3.63, 3.8) is 0 Å². The van der Waals surface area contributed by atoms with Crippen LogP contribution in [0.25, 0.3) is 11.1 Å². The highest BCUT2D eigenvalue weighted by molar-refractivity contribution is 5.70. The molecule has 0 saturated carbocycles. The zero-order chi connectivity index (χ0) is 27.7. The van der Waals surface area contributed by atoms with Crippen molar-refractivity contribution in [2.45, 2.75) is 76.9 Å². The Labute approximate surface area is 224 Å². The molecule has 1 aromatic heterocycles. The number of hydrogen-bond acceptors (Lipinski definition) is 5. The zero-order valence-electron chi connectivity index (χ0n) is 22.8. The number of pyridine rings is 1. The van der Waals surface area contributed by atoms with E-state index in [0.29, 0.717) is 19.4 Å². The Bertz CT molecular complexity index is 1320. The summed E-state index contributed by atoms with van der Waals surface area (Å²) in [5, 5.41) is 20.7. The van der Waals surface area contributed by atoms with Crippen molar-refractivity contribution in [3.8, 4) is 11.1 Å². The van der Waals surface area contributed by atoms with Crippen LogP contribution in [0.2, 0.25) is 0 Å². The molecule has 0 bridgehead atoms. The van der Waals surface area contributed by atoms with Crippen LogP contribution in [0.1, 0.15) is 64.6 Å². The average molecular weight is 519 g/mol. The Kier molecular flexibility index (Phi) is 7.55. The van der Waals surface area contributed by atoms with E-state index in [4.69, 9.17) is 4.74 Å². The van der Waals surface area contributed by atoms with E-state index < -0.39 is 22.9 Å². The standard InChI is InChI=1S/C31H38N2O5/c1-22(23-11-13-24(14-12-23)25-15-16-27(34)32(19-25)21-30(4,5)37)33-18-17-31(38-28(33)35,20-29(2,3)36)26-9-7-6-8-10-26/h6-16,19,22,36-37H,17-18,20-21H2,1-5H3/t22-,31?/m0/s1. The largest absolute Gasteiger partial charge is 0.438 e. The van der Waals surface area contributed by atoms with E-state index in [9.17, 15) is 19.8 Å². The number of carbonyl (C=O) groups is 1. The summed E-state index contributed by atoms with van der Waals surface area (Å²) < 4.78 is 7.64. The molecule has 1 aliphatic rings. The van der Waals surface area contributed by atoms with Crippen LogP contribution in [0.4, 0.5) is 4.79 Å². The molecule has 0 aliphatic carbocycles. The van der Waals surface area contributed by atoms with E-state index >= 15 is 0 Å². The molecule has 4 rings (SSSR count). The molecule has 1 amide bonds. The summed E-state index contributed by atoms with van der Waals surface area (Å²) in [5.74, 6) is 0. The summed E-state index contributed by atoms with van der Waals surface area (Å²) in [6, 6.07) is 20.6. The molecule has 0 radical (unpaired) electrons. The van der Waals surface area contributed by atoms with Crippen LogP contribution in [0, 0.1) is 0 Å². The van der Waals surface area contributed by atoms with Gasteiger partial charge in [-0.3, -0.25) is 4.79 Å². The molecule has 1 saturated heterocycles. The Morgan fingerprint density at radius 2 is 1.53 bits per heavy atom. The van der Waals surface area contributed by atoms with Crippen LogP contribution in [0.3, 0.4) is 0 Å². The fourth-order valence-corrected chi connectivity index (χ4v) is 5.27. The van der Waals surface area contributed by atoms with Crippen molar-refractivity contribution in [3.05, 3.63) is 94.4 Å². The quantitative estimate of drug-likeness (QED) is 0.425. The van der Waals surface area contributed by atoms with Crippen LogP contribution in [0.5, 0.6) is 0 Å². The lowest BCUT2D eigenvalue weighted by atomic mass is 9.80. The third-order valence-electron chi connectivity index (χ3n) is 7.03. The molecular weight excluding hydrogens is 480 g/mol. The van der Waals surface area contributed by atoms with Gasteiger partial charge in [-0.15, -0.1) is 0 Å². The molecule has 7 nitrogen and oxygen atoms in total. The number of rotatable bonds is 8. The molecule has 2 heterocycles. The number of cyclic esters (lactones) is 1. The Hall–Kier alpha value is -3.42. The number of ether oxygens (including phenoxy) is 1. The highest BCUT2D eigenvalue weighted by Crippen LogP contribution is 2.42. The van der Waals surface area contributed by atoms with Gasteiger partial charge in [0.05, 0.1) is 23.8 Å². The maximum absolute atomic E-state index is 13.3. The summed E-state index contributed by atoms with van der Waals surface area (Å²) in [6.45, 7) is 9.48. The summed E-state index contributed by atoms with van der Waals surface area (Å²) in [4.78, 5) is 27.3. The molecule has 3 aromatic rings. The van der Waals surface area contributed by atoms with E-state index in [1.54, 1.807) is 44.9 Å². The molecule has 202 valence electrons. The normalized spacial score (nSPS) is 19.2. The van der Waals surface area contributed by atoms with E-state index in [1.807, 2.05) is 61.5 Å². The molecule has 1 fully saturated rings. The topological polar surface area (TPSA) is 92.0 Å². The van der Waals surface area contributed by atoms with E-state index in [-0.39, 0.29) is 18.1 Å². The van der Waals surface area contributed by atoms with Crippen molar-refractivity contribution in [1.29, 1.82) is 0 Å². The molecule has 2 atom stereocenters. The van der Waals surface area contributed by atoms with E-state index in [2.05, 4.69) is 0 Å². The van der Waals surface area contributed by atoms with Gasteiger partial charge in [0, 0.05) is 31.6 Å². The minimum Gasteiger partial charge on any atom is -0.438 e. The second-order valence-electron chi connectivity index (χ2n) is 11.7. The fourth-order valence-electron chi connectivity index (χ4n) is 5.27. The number of aliphatic hydroxyl groups is 2. The predicted molar refractivity (Wildman–Crippen MR) is 148 cm³/mol. The molecule has 1 aliphatic heterocycles. The molecule has 2 aromatic carbocycles. The SMILES string of the molecule is C[C@@H](c1ccc(-c2ccc(=O)n(CC(C)(C)O)c2)cc1)N1CCC(CC(C)(C)O)(c2ccccc2)OC1=O. The lowest BCUT2D eigenvalue weighted by Crippen LogP contribution is -2.51. The minimum absolute atomic E-state index is 0.166. The number of amides is 1. The number of nitrogens with zero attached hydrogens (tertiary/aromatic N) is 2. The van der Waals surface area contributed by atoms with Crippen LogP contribution in [0.15, 0.2) is 77.7 Å². The predicted octanol–water partition coefficient (Wildman–Crippen LogP) is 5.25. The highest BCUT2D eigenvalue weighted by atomic mass is 16.6. The second kappa shape index (κ2) is 10.4. The smallest absolute Gasteiger partial charge is 0.411 e. The zero-order valence-corrected chi connectivity index (χ0v) is 22.8. The maximum atomic E-state index is 13.3. The van der Waals surface area contributed by atoms with Gasteiger partial charge in [-0.1, -0.05) is 54.6 Å². The Morgan fingerprint density at radius 1 is 0.895 bits per heavy atom. The number of benzene rings is 2. The Morgan fingerprint density at radius 3 is 2.11 bits per heavy atom. The van der Waals surface area contributed by atoms with Crippen molar-refractivity contribution in [2.75, 3.05) is 6.54 Å². The third kappa shape index (κ3) is 6.34. The molecular formula is C31H38N2O5. The average Bonchev–Trinajstić information content (AvgIpc) is 2.84. The van der Waals surface area contributed by atoms with Crippen LogP contribution < -0.4 is 5.56 Å². The number of hydrogen-bond donors (Lipinski definition) is 2. The first-order valence-electron chi connectivity index (χ1n) is 13.1. The number of aromatic nitrogens is 1. The van der Waals surface area contributed by atoms with Gasteiger partial charge < -0.3 is 24.4 Å². The number of carbonyl (C=O) groups excluding carboxylic acids is 1. The van der Waals surface area contributed by atoms with Gasteiger partial charge in [0.15, 0.2) is 0 Å². The molecule has 0 spiro atoms. The van der Waals surface area contributed by atoms with Gasteiger partial charge in [-0.2, -0.15) is 0 Å². The van der Waals surface area contributed by atoms with Crippen molar-refractivity contribution < 1.29 is 19.7 Å². The summed E-state index contributed by atoms with van der Waals surface area (Å²) in [5.41, 5.74) is 0.585. The molecule has 38 heavy (non-hydrogen) atoms. The van der Waals surface area contributed by atoms with Crippen LogP contribution in [-0.2, 0) is 16.9 Å². The van der Waals surface area contributed by atoms with Crippen molar-refractivity contribution in [1.82, 2.24) is 9.47 Å². The lowest BCUT2D eigenvalue weighted by Gasteiger charge is -2.45. The van der Waals surface area contributed by atoms with E-state index in [1.165, 1.54) is 10.6 Å². The van der Waals surface area contributed by atoms with Gasteiger partial charge in [-0.05, 0) is 62.9 Å². The van der Waals surface area contributed by atoms with Crippen molar-refractivity contribution in [2.24, 2.45) is 0 Å². The first-order chi connectivity index (χ1) is 17.8.